The Morgan fingerprint density at radius 2 is 1.65 bits per heavy atom. The summed E-state index contributed by atoms with van der Waals surface area (Å²) in [6.45, 7) is 0. The summed E-state index contributed by atoms with van der Waals surface area (Å²) in [4.78, 5) is 10.4. The number of aromatic nitrogens is 2. The van der Waals surface area contributed by atoms with Crippen molar-refractivity contribution in [2.45, 2.75) is 6.42 Å². The molecule has 0 aliphatic rings. The molecule has 7 nitrogen and oxygen atoms in total. The molecule has 2 N–H and O–H groups in total. The fourth-order valence-corrected chi connectivity index (χ4v) is 2.22. The minimum atomic E-state index is 0.456. The highest BCUT2D eigenvalue weighted by molar-refractivity contribution is 5.55. The van der Waals surface area contributed by atoms with Gasteiger partial charge in [0.15, 0.2) is 11.5 Å². The van der Waals surface area contributed by atoms with Crippen LogP contribution in [-0.2, 0) is 6.42 Å². The van der Waals surface area contributed by atoms with Crippen LogP contribution in [0.15, 0.2) is 18.3 Å². The molecule has 2 aromatic rings. The van der Waals surface area contributed by atoms with Crippen molar-refractivity contribution >= 4 is 11.8 Å². The molecule has 23 heavy (non-hydrogen) atoms. The third-order valence-electron chi connectivity index (χ3n) is 3.40. The van der Waals surface area contributed by atoms with Crippen molar-refractivity contribution in [3.05, 3.63) is 29.5 Å². The van der Waals surface area contributed by atoms with Gasteiger partial charge in [0.1, 0.15) is 5.82 Å². The summed E-state index contributed by atoms with van der Waals surface area (Å²) < 4.78 is 16.1. The zero-order valence-corrected chi connectivity index (χ0v) is 14.1. The monoisotopic (exact) mass is 318 g/mol. The van der Waals surface area contributed by atoms with Gasteiger partial charge in [-0.2, -0.15) is 4.98 Å². The van der Waals surface area contributed by atoms with Crippen molar-refractivity contribution in [3.63, 3.8) is 0 Å². The largest absolute Gasteiger partial charge is 0.493 e. The third kappa shape index (κ3) is 3.56. The molecular formula is C16H22N4O3. The molecule has 0 saturated heterocycles. The summed E-state index contributed by atoms with van der Waals surface area (Å²) in [6, 6.07) is 3.78. The molecule has 0 amide bonds. The SMILES string of the molecule is COc1cc(Cc2cnc(N(C)C)nc2N)cc(OC)c1OC. The first-order valence-corrected chi connectivity index (χ1v) is 7.07. The van der Waals surface area contributed by atoms with Gasteiger partial charge in [0.05, 0.1) is 21.3 Å². The lowest BCUT2D eigenvalue weighted by molar-refractivity contribution is 0.324. The molecule has 0 aliphatic carbocycles. The maximum absolute atomic E-state index is 6.04. The van der Waals surface area contributed by atoms with Gasteiger partial charge in [-0.25, -0.2) is 4.98 Å². The second-order valence-corrected chi connectivity index (χ2v) is 5.19. The molecule has 0 atom stereocenters. The first kappa shape index (κ1) is 16.7. The van der Waals surface area contributed by atoms with Crippen molar-refractivity contribution in [1.82, 2.24) is 9.97 Å². The molecule has 0 spiro atoms. The Labute approximate surface area is 136 Å². The number of nitrogens with zero attached hydrogens (tertiary/aromatic N) is 3. The molecule has 2 rings (SSSR count). The summed E-state index contributed by atoms with van der Waals surface area (Å²) >= 11 is 0. The fourth-order valence-electron chi connectivity index (χ4n) is 2.22. The Balaban J connectivity index is 2.36. The van der Waals surface area contributed by atoms with Gasteiger partial charge in [0, 0.05) is 32.3 Å². The van der Waals surface area contributed by atoms with Crippen LogP contribution in [0.3, 0.4) is 0 Å². The lowest BCUT2D eigenvalue weighted by Crippen LogP contribution is -2.14. The molecular weight excluding hydrogens is 296 g/mol. The van der Waals surface area contributed by atoms with Crippen molar-refractivity contribution < 1.29 is 14.2 Å². The Bertz CT molecular complexity index is 664. The van der Waals surface area contributed by atoms with Crippen LogP contribution >= 0.6 is 0 Å². The van der Waals surface area contributed by atoms with E-state index in [1.54, 1.807) is 32.4 Å². The summed E-state index contributed by atoms with van der Waals surface area (Å²) in [5.41, 5.74) is 7.84. The Kier molecular flexibility index (Phi) is 5.10. The third-order valence-corrected chi connectivity index (χ3v) is 3.40. The maximum Gasteiger partial charge on any atom is 0.226 e. The van der Waals surface area contributed by atoms with Crippen molar-refractivity contribution in [2.24, 2.45) is 0 Å². The van der Waals surface area contributed by atoms with E-state index in [-0.39, 0.29) is 0 Å². The summed E-state index contributed by atoms with van der Waals surface area (Å²) in [7, 11) is 8.49. The normalized spacial score (nSPS) is 10.3. The van der Waals surface area contributed by atoms with Gasteiger partial charge in [0.25, 0.3) is 0 Å². The van der Waals surface area contributed by atoms with Crippen LogP contribution in [0, 0.1) is 0 Å². The number of nitrogens with two attached hydrogens (primary N) is 1. The molecule has 0 bridgehead atoms. The smallest absolute Gasteiger partial charge is 0.226 e. The zero-order valence-electron chi connectivity index (χ0n) is 14.1. The van der Waals surface area contributed by atoms with Gasteiger partial charge < -0.3 is 24.8 Å². The predicted octanol–water partition coefficient (Wildman–Crippen LogP) is 1.74. The second-order valence-electron chi connectivity index (χ2n) is 5.19. The molecule has 0 unspecified atom stereocenters. The first-order chi connectivity index (χ1) is 11.0. The number of hydrogen-bond acceptors (Lipinski definition) is 7. The molecule has 1 heterocycles. The summed E-state index contributed by atoms with van der Waals surface area (Å²) in [5, 5.41) is 0. The summed E-state index contributed by atoms with van der Waals surface area (Å²) in [5.74, 6) is 2.80. The molecule has 1 aromatic heterocycles. The van der Waals surface area contributed by atoms with E-state index in [4.69, 9.17) is 19.9 Å². The number of ether oxygens (including phenoxy) is 3. The van der Waals surface area contributed by atoms with E-state index in [2.05, 4.69) is 9.97 Å². The first-order valence-electron chi connectivity index (χ1n) is 7.07. The van der Waals surface area contributed by atoms with Gasteiger partial charge in [-0.1, -0.05) is 0 Å². The number of rotatable bonds is 6. The Morgan fingerprint density at radius 3 is 2.09 bits per heavy atom. The van der Waals surface area contributed by atoms with Crippen molar-refractivity contribution in [3.8, 4) is 17.2 Å². The number of nitrogen functional groups attached to an aromatic ring is 1. The average molecular weight is 318 g/mol. The van der Waals surface area contributed by atoms with E-state index in [9.17, 15) is 0 Å². The van der Waals surface area contributed by atoms with Gasteiger partial charge in [-0.3, -0.25) is 0 Å². The van der Waals surface area contributed by atoms with E-state index < -0.39 is 0 Å². The Hall–Kier alpha value is -2.70. The van der Waals surface area contributed by atoms with E-state index in [1.165, 1.54) is 0 Å². The highest BCUT2D eigenvalue weighted by Crippen LogP contribution is 2.38. The van der Waals surface area contributed by atoms with E-state index in [0.29, 0.717) is 35.4 Å². The standard InChI is InChI=1S/C16H22N4O3/c1-20(2)16-18-9-11(15(17)19-16)6-10-7-12(21-3)14(23-5)13(8-10)22-4/h7-9H,6H2,1-5H3,(H2,17,18,19). The minimum Gasteiger partial charge on any atom is -0.493 e. The summed E-state index contributed by atoms with van der Waals surface area (Å²) in [6.07, 6.45) is 2.30. The Morgan fingerprint density at radius 1 is 1.04 bits per heavy atom. The number of hydrogen-bond donors (Lipinski definition) is 1. The van der Waals surface area contributed by atoms with Crippen LogP contribution in [-0.4, -0.2) is 45.4 Å². The zero-order chi connectivity index (χ0) is 17.0. The van der Waals surface area contributed by atoms with Crippen LogP contribution < -0.4 is 24.8 Å². The maximum atomic E-state index is 6.04. The number of methoxy groups -OCH3 is 3. The molecule has 7 heteroatoms. The highest BCUT2D eigenvalue weighted by atomic mass is 16.5. The van der Waals surface area contributed by atoms with Gasteiger partial charge in [-0.05, 0) is 17.7 Å². The lowest BCUT2D eigenvalue weighted by atomic mass is 10.1. The molecule has 0 saturated carbocycles. The van der Waals surface area contributed by atoms with Crippen molar-refractivity contribution in [1.29, 1.82) is 0 Å². The van der Waals surface area contributed by atoms with Crippen LogP contribution in [0.25, 0.3) is 0 Å². The van der Waals surface area contributed by atoms with Crippen LogP contribution in [0.2, 0.25) is 0 Å². The van der Waals surface area contributed by atoms with Gasteiger partial charge >= 0.3 is 0 Å². The number of benzene rings is 1. The second kappa shape index (κ2) is 7.04. The molecule has 0 fully saturated rings. The minimum absolute atomic E-state index is 0.456. The van der Waals surface area contributed by atoms with Gasteiger partial charge in [0.2, 0.25) is 11.7 Å². The lowest BCUT2D eigenvalue weighted by Gasteiger charge is -2.15. The molecule has 0 aliphatic heterocycles. The van der Waals surface area contributed by atoms with E-state index in [1.807, 2.05) is 26.2 Å². The number of anilines is 2. The van der Waals surface area contributed by atoms with E-state index in [0.717, 1.165) is 11.1 Å². The predicted molar refractivity (Wildman–Crippen MR) is 89.7 cm³/mol. The topological polar surface area (TPSA) is 82.7 Å². The highest BCUT2D eigenvalue weighted by Gasteiger charge is 2.14. The van der Waals surface area contributed by atoms with Crippen LogP contribution in [0.4, 0.5) is 11.8 Å². The molecule has 124 valence electrons. The van der Waals surface area contributed by atoms with E-state index >= 15 is 0 Å². The molecule has 1 aromatic carbocycles. The fraction of sp³-hybridized carbons (Fsp3) is 0.375. The van der Waals surface area contributed by atoms with Crippen LogP contribution in [0.1, 0.15) is 11.1 Å². The van der Waals surface area contributed by atoms with Gasteiger partial charge in [-0.15, -0.1) is 0 Å². The van der Waals surface area contributed by atoms with Crippen LogP contribution in [0.5, 0.6) is 17.2 Å². The quantitative estimate of drug-likeness (QED) is 0.868. The van der Waals surface area contributed by atoms with Crippen molar-refractivity contribution in [2.75, 3.05) is 46.1 Å². The average Bonchev–Trinajstić information content (AvgIpc) is 2.55. The molecule has 0 radical (unpaired) electrons.